The van der Waals surface area contributed by atoms with Crippen molar-refractivity contribution >= 4 is 16.7 Å². The normalized spacial score (nSPS) is 21.8. The minimum atomic E-state index is -3.83. The van der Waals surface area contributed by atoms with Crippen LogP contribution in [0.25, 0.3) is 10.9 Å². The lowest BCUT2D eigenvalue weighted by Crippen LogP contribution is -2.26. The minimum absolute atomic E-state index is 0.0537. The van der Waals surface area contributed by atoms with Crippen molar-refractivity contribution in [1.82, 2.24) is 4.57 Å². The molecule has 0 spiro atoms. The number of nitrogens with zero attached hydrogens (tertiary/aromatic N) is 1. The van der Waals surface area contributed by atoms with Gasteiger partial charge in [-0.1, -0.05) is 26.8 Å². The number of hydrogen-bond donors (Lipinski definition) is 2. The van der Waals surface area contributed by atoms with Gasteiger partial charge in [-0.15, -0.1) is 8.78 Å². The number of hydrogen-bond acceptors (Lipinski definition) is 5. The molecule has 2 aliphatic rings. The lowest BCUT2D eigenvalue weighted by molar-refractivity contribution is -0.286. The van der Waals surface area contributed by atoms with Crippen LogP contribution in [0.2, 0.25) is 0 Å². The molecule has 9 heteroatoms. The number of aliphatic hydroxyl groups excluding tert-OH is 1. The Morgan fingerprint density at radius 3 is 2.54 bits per heavy atom. The van der Waals surface area contributed by atoms with Crippen LogP contribution in [0.1, 0.15) is 65.0 Å². The Balaban J connectivity index is 1.56. The fourth-order valence-corrected chi connectivity index (χ4v) is 4.73. The van der Waals surface area contributed by atoms with Gasteiger partial charge in [-0.05, 0) is 60.7 Å². The second-order valence-electron chi connectivity index (χ2n) is 9.91. The number of carbonyl (C=O) groups excluding carboxylic acids is 1. The van der Waals surface area contributed by atoms with E-state index >= 15 is 4.39 Å². The number of aliphatic hydroxyl groups is 2. The molecule has 1 fully saturated rings. The number of alkyl halides is 2. The molecule has 0 saturated heterocycles. The number of ether oxygens (including phenoxy) is 2. The van der Waals surface area contributed by atoms with Gasteiger partial charge in [-0.3, -0.25) is 4.79 Å². The molecule has 6 nitrogen and oxygen atoms in total. The Morgan fingerprint density at radius 2 is 1.89 bits per heavy atom. The number of aromatic nitrogens is 1. The van der Waals surface area contributed by atoms with Crippen molar-refractivity contribution in [3.8, 4) is 11.5 Å². The fraction of sp³-hybridized carbons (Fsp3) is 0.464. The Bertz CT molecular complexity index is 1630. The molecule has 1 aliphatic heterocycles. The molecule has 3 aromatic rings. The molecule has 1 atom stereocenters. The average molecular weight is 524 g/mol. The van der Waals surface area contributed by atoms with Crippen molar-refractivity contribution < 1.29 is 45.9 Å². The Labute approximate surface area is 221 Å². The third-order valence-corrected chi connectivity index (χ3v) is 7.20. The fourth-order valence-electron chi connectivity index (χ4n) is 4.73. The van der Waals surface area contributed by atoms with Gasteiger partial charge in [-0.2, -0.15) is 0 Å². The van der Waals surface area contributed by atoms with E-state index in [1.165, 1.54) is 51.1 Å². The number of benzene rings is 2. The highest BCUT2D eigenvalue weighted by atomic mass is 19.3. The molecule has 2 N–H and O–H groups in total. The first-order chi connectivity index (χ1) is 19.5. The quantitative estimate of drug-likeness (QED) is 0.413. The third-order valence-electron chi connectivity index (χ3n) is 7.20. The van der Waals surface area contributed by atoms with Crippen molar-refractivity contribution in [1.29, 1.82) is 0 Å². The first-order valence-corrected chi connectivity index (χ1v) is 11.7. The van der Waals surface area contributed by atoms with Gasteiger partial charge < -0.3 is 24.3 Å². The molecule has 0 unspecified atom stereocenters. The van der Waals surface area contributed by atoms with Crippen molar-refractivity contribution in [3.05, 3.63) is 59.0 Å². The highest BCUT2D eigenvalue weighted by Crippen LogP contribution is 2.52. The van der Waals surface area contributed by atoms with E-state index in [1.807, 2.05) is 0 Å². The smallest absolute Gasteiger partial charge is 0.395 e. The predicted octanol–water partition coefficient (Wildman–Crippen LogP) is 4.99. The summed E-state index contributed by atoms with van der Waals surface area (Å²) in [6.07, 6.45) is -8.07. The van der Waals surface area contributed by atoms with Gasteiger partial charge in [0.1, 0.15) is 11.6 Å². The zero-order valence-corrected chi connectivity index (χ0v) is 20.4. The summed E-state index contributed by atoms with van der Waals surface area (Å²) < 4.78 is 101. The SMILES string of the molecule is [2H]C([2H])(O)[C@H](O)C([2H])([2H])n1c(C(C)(C)C([2H])([2H])C)cc2cc(CC(=O)C3(c4ccc5c(c4)OC(F)(F)O5)CC3)c(F)cc21. The first-order valence-electron chi connectivity index (χ1n) is 14.7. The van der Waals surface area contributed by atoms with Crippen molar-refractivity contribution in [2.24, 2.45) is 0 Å². The Kier molecular flexibility index (Phi) is 4.52. The molecule has 5 rings (SSSR count). The van der Waals surface area contributed by atoms with Gasteiger partial charge in [0, 0.05) is 25.7 Å². The molecule has 2 aromatic carbocycles. The largest absolute Gasteiger partial charge is 0.586 e. The number of fused-ring (bicyclic) bond motifs is 2. The van der Waals surface area contributed by atoms with Crippen LogP contribution < -0.4 is 9.47 Å². The number of halogens is 3. The monoisotopic (exact) mass is 523 g/mol. The van der Waals surface area contributed by atoms with Crippen LogP contribution in [-0.4, -0.2) is 39.5 Å². The van der Waals surface area contributed by atoms with Gasteiger partial charge >= 0.3 is 6.29 Å². The first kappa shape index (κ1) is 19.1. The molecular formula is C28H30F3NO5. The summed E-state index contributed by atoms with van der Waals surface area (Å²) in [4.78, 5) is 13.5. The zero-order chi connectivity index (χ0) is 32.1. The van der Waals surface area contributed by atoms with Crippen molar-refractivity contribution in [2.75, 3.05) is 6.56 Å². The standard InChI is InChI=1S/C28H30F3NO5/c1-4-26(2,3)24-10-17-9-16(20(29)13-21(17)32(24)14-19(34)15-33)11-25(35)27(7-8-27)18-5-6-22-23(12-18)37-28(30,31)36-22/h5-6,9-10,12-13,19,33-34H,4,7-8,11,14-15H2,1-3H3/t19-/m1/s1/i4D2,14D2,15D2. The van der Waals surface area contributed by atoms with Gasteiger partial charge in [0.15, 0.2) is 11.5 Å². The van der Waals surface area contributed by atoms with E-state index in [0.717, 1.165) is 10.6 Å². The van der Waals surface area contributed by atoms with Crippen LogP contribution in [0.3, 0.4) is 0 Å². The summed E-state index contributed by atoms with van der Waals surface area (Å²) in [7, 11) is 0. The van der Waals surface area contributed by atoms with Crippen LogP contribution in [0.4, 0.5) is 13.2 Å². The lowest BCUT2D eigenvalue weighted by Gasteiger charge is -2.26. The molecule has 1 saturated carbocycles. The summed E-state index contributed by atoms with van der Waals surface area (Å²) >= 11 is 0. The summed E-state index contributed by atoms with van der Waals surface area (Å²) in [5.74, 6) is -1.69. The van der Waals surface area contributed by atoms with Crippen molar-refractivity contribution in [2.45, 2.75) is 76.1 Å². The number of ketones is 1. The second kappa shape index (κ2) is 8.77. The summed E-state index contributed by atoms with van der Waals surface area (Å²) in [6.45, 7) is -2.29. The van der Waals surface area contributed by atoms with Crippen LogP contribution in [0, 0.1) is 5.82 Å². The van der Waals surface area contributed by atoms with E-state index < -0.39 is 54.9 Å². The van der Waals surface area contributed by atoms with Gasteiger partial charge in [0.2, 0.25) is 0 Å². The highest BCUT2D eigenvalue weighted by molar-refractivity contribution is 5.95. The van der Waals surface area contributed by atoms with E-state index in [-0.39, 0.29) is 39.4 Å². The van der Waals surface area contributed by atoms with Crippen LogP contribution in [-0.2, 0) is 28.5 Å². The van der Waals surface area contributed by atoms with E-state index in [1.54, 1.807) is 0 Å². The summed E-state index contributed by atoms with van der Waals surface area (Å²) in [5, 5.41) is 20.4. The third kappa shape index (κ3) is 4.48. The van der Waals surface area contributed by atoms with Crippen LogP contribution in [0.5, 0.6) is 11.5 Å². The Morgan fingerprint density at radius 1 is 1.19 bits per heavy atom. The number of rotatable bonds is 9. The van der Waals surface area contributed by atoms with Crippen LogP contribution in [0.15, 0.2) is 36.4 Å². The molecule has 0 radical (unpaired) electrons. The number of carbonyl (C=O) groups is 1. The molecule has 0 amide bonds. The summed E-state index contributed by atoms with van der Waals surface area (Å²) in [5.41, 5.74) is -2.38. The van der Waals surface area contributed by atoms with E-state index in [4.69, 9.17) is 8.22 Å². The molecule has 0 bridgehead atoms. The highest BCUT2D eigenvalue weighted by Gasteiger charge is 2.52. The molecule has 2 heterocycles. The molecular weight excluding hydrogens is 487 g/mol. The average Bonchev–Trinajstić information content (AvgIpc) is 3.49. The molecule has 37 heavy (non-hydrogen) atoms. The topological polar surface area (TPSA) is 80.9 Å². The van der Waals surface area contributed by atoms with Gasteiger partial charge in [0.05, 0.1) is 35.6 Å². The maximum Gasteiger partial charge on any atom is 0.586 e. The summed E-state index contributed by atoms with van der Waals surface area (Å²) in [6, 6.07) is 7.67. The Hall–Kier alpha value is -3.04. The van der Waals surface area contributed by atoms with Crippen LogP contribution >= 0.6 is 0 Å². The van der Waals surface area contributed by atoms with E-state index in [0.29, 0.717) is 18.4 Å². The van der Waals surface area contributed by atoms with Gasteiger partial charge in [0.25, 0.3) is 0 Å². The molecule has 1 aromatic heterocycles. The van der Waals surface area contributed by atoms with Crippen molar-refractivity contribution in [3.63, 3.8) is 0 Å². The van der Waals surface area contributed by atoms with E-state index in [2.05, 4.69) is 9.47 Å². The lowest BCUT2D eigenvalue weighted by atomic mass is 9.86. The second-order valence-corrected chi connectivity index (χ2v) is 9.91. The maximum absolute atomic E-state index is 15.6. The number of Topliss-reactive ketones (excluding diaryl/α,β-unsaturated/α-hetero) is 1. The molecule has 1 aliphatic carbocycles. The van der Waals surface area contributed by atoms with Gasteiger partial charge in [-0.25, -0.2) is 4.39 Å². The maximum atomic E-state index is 15.6. The predicted molar refractivity (Wildman–Crippen MR) is 131 cm³/mol. The zero-order valence-electron chi connectivity index (χ0n) is 26.4. The minimum Gasteiger partial charge on any atom is -0.395 e. The van der Waals surface area contributed by atoms with E-state index in [9.17, 15) is 23.8 Å². The molecule has 198 valence electrons.